The summed E-state index contributed by atoms with van der Waals surface area (Å²) in [6.07, 6.45) is -4.82. The number of aliphatic hydroxyl groups is 3. The van der Waals surface area contributed by atoms with Crippen LogP contribution in [0.4, 0.5) is 5.95 Å². The van der Waals surface area contributed by atoms with Gasteiger partial charge in [0.15, 0.2) is 6.29 Å². The second kappa shape index (κ2) is 6.32. The van der Waals surface area contributed by atoms with E-state index in [-0.39, 0.29) is 5.95 Å². The lowest BCUT2D eigenvalue weighted by molar-refractivity contribution is -0.254. The molecular formula is C10H16N4O7. The predicted molar refractivity (Wildman–Crippen MR) is 67.7 cm³/mol. The number of hydrogen-bond donors (Lipinski definition) is 6. The molecule has 1 aliphatic heterocycles. The lowest BCUT2D eigenvalue weighted by Gasteiger charge is -2.41. The number of aliphatic hydroxyl groups excluding tert-OH is 3. The van der Waals surface area contributed by atoms with Gasteiger partial charge in [-0.2, -0.15) is 4.98 Å². The van der Waals surface area contributed by atoms with Crippen molar-refractivity contribution in [3.63, 3.8) is 0 Å². The Morgan fingerprint density at radius 2 is 2.05 bits per heavy atom. The van der Waals surface area contributed by atoms with E-state index in [1.807, 2.05) is 4.98 Å². The van der Waals surface area contributed by atoms with E-state index in [9.17, 15) is 19.8 Å². The first-order valence-electron chi connectivity index (χ1n) is 6.08. The number of hydrogen-bond acceptors (Lipinski definition) is 9. The second-order valence-electron chi connectivity index (χ2n) is 4.46. The molecule has 6 N–H and O–H groups in total. The Kier molecular flexibility index (Phi) is 4.69. The van der Waals surface area contributed by atoms with Crippen LogP contribution < -0.4 is 16.7 Å². The maximum Gasteiger partial charge on any atom is 0.352 e. The molecule has 11 heteroatoms. The molecule has 1 aliphatic rings. The van der Waals surface area contributed by atoms with Crippen molar-refractivity contribution in [3.05, 3.63) is 21.0 Å². The highest BCUT2D eigenvalue weighted by molar-refractivity contribution is 5.25. The maximum atomic E-state index is 11.1. The summed E-state index contributed by atoms with van der Waals surface area (Å²) in [5.74, 6) is -0.215. The maximum absolute atomic E-state index is 11.1. The standard InChI is InChI=1S/C10H16N4O7/c1-20-7-4(6(17)5(16)3(2-15)21-7)11-8-12-9(18)14-10(19)13-8/h3-7,15-17H,2H2,1H3,(H3,11,12,13,14,18,19)/t3-,4-,5+,6?,7-/m1/s1. The zero-order valence-corrected chi connectivity index (χ0v) is 11.0. The predicted octanol–water partition coefficient (Wildman–Crippen LogP) is -3.68. The number of ether oxygens (including phenoxy) is 2. The van der Waals surface area contributed by atoms with Gasteiger partial charge in [0.1, 0.15) is 24.4 Å². The Morgan fingerprint density at radius 3 is 2.62 bits per heavy atom. The minimum Gasteiger partial charge on any atom is -0.394 e. The van der Waals surface area contributed by atoms with Gasteiger partial charge in [-0.15, -0.1) is 0 Å². The largest absolute Gasteiger partial charge is 0.394 e. The fourth-order valence-electron chi connectivity index (χ4n) is 2.06. The van der Waals surface area contributed by atoms with Gasteiger partial charge in [-0.25, -0.2) is 9.59 Å². The van der Waals surface area contributed by atoms with Crippen LogP contribution in [0.2, 0.25) is 0 Å². The summed E-state index contributed by atoms with van der Waals surface area (Å²) in [5, 5.41) is 31.5. The van der Waals surface area contributed by atoms with Gasteiger partial charge in [-0.3, -0.25) is 9.97 Å². The number of aromatic amines is 2. The normalized spacial score (nSPS) is 32.9. The summed E-state index contributed by atoms with van der Waals surface area (Å²) in [5.41, 5.74) is -1.67. The molecule has 11 nitrogen and oxygen atoms in total. The molecule has 1 saturated heterocycles. The van der Waals surface area contributed by atoms with Gasteiger partial charge >= 0.3 is 11.4 Å². The molecule has 5 atom stereocenters. The minimum atomic E-state index is -1.38. The topological polar surface area (TPSA) is 170 Å². The molecular weight excluding hydrogens is 288 g/mol. The number of methoxy groups -OCH3 is 1. The Bertz CT molecular complexity index is 557. The molecule has 1 fully saturated rings. The van der Waals surface area contributed by atoms with E-state index >= 15 is 0 Å². The van der Waals surface area contributed by atoms with E-state index in [0.717, 1.165) is 0 Å². The van der Waals surface area contributed by atoms with Crippen molar-refractivity contribution in [1.82, 2.24) is 15.0 Å². The molecule has 2 rings (SSSR count). The van der Waals surface area contributed by atoms with E-state index < -0.39 is 48.6 Å². The van der Waals surface area contributed by atoms with Crippen molar-refractivity contribution >= 4 is 5.95 Å². The van der Waals surface area contributed by atoms with Gasteiger partial charge in [0, 0.05) is 7.11 Å². The summed E-state index contributed by atoms with van der Waals surface area (Å²) < 4.78 is 10.3. The van der Waals surface area contributed by atoms with Gasteiger partial charge in [-0.05, 0) is 0 Å². The van der Waals surface area contributed by atoms with Crippen molar-refractivity contribution in [1.29, 1.82) is 0 Å². The molecule has 1 unspecified atom stereocenters. The monoisotopic (exact) mass is 304 g/mol. The number of aromatic nitrogens is 3. The van der Waals surface area contributed by atoms with Crippen LogP contribution in [-0.4, -0.2) is 74.6 Å². The van der Waals surface area contributed by atoms with Gasteiger partial charge in [0.05, 0.1) is 6.61 Å². The summed E-state index contributed by atoms with van der Waals surface area (Å²) in [6.45, 7) is -0.509. The van der Waals surface area contributed by atoms with Crippen molar-refractivity contribution < 1.29 is 24.8 Å². The zero-order chi connectivity index (χ0) is 15.6. The molecule has 0 aliphatic carbocycles. The van der Waals surface area contributed by atoms with Gasteiger partial charge in [0.25, 0.3) is 0 Å². The Hall–Kier alpha value is -1.79. The molecule has 1 aromatic heterocycles. The van der Waals surface area contributed by atoms with Crippen LogP contribution in [0, 0.1) is 0 Å². The van der Waals surface area contributed by atoms with Crippen LogP contribution in [-0.2, 0) is 9.47 Å². The summed E-state index contributed by atoms with van der Waals surface area (Å²) in [4.78, 5) is 29.8. The minimum absolute atomic E-state index is 0.215. The SMILES string of the molecule is CO[C@@H]1O[C@H](CO)[C@H](O)C(O)[C@H]1Nc1nc(=O)[nH]c(=O)[nH]1. The average molecular weight is 304 g/mol. The van der Waals surface area contributed by atoms with E-state index in [1.54, 1.807) is 0 Å². The molecule has 0 saturated carbocycles. The first kappa shape index (κ1) is 15.6. The first-order valence-corrected chi connectivity index (χ1v) is 6.08. The van der Waals surface area contributed by atoms with E-state index in [2.05, 4.69) is 15.3 Å². The number of nitrogens with one attached hydrogen (secondary N) is 3. The molecule has 0 aromatic carbocycles. The molecule has 2 heterocycles. The van der Waals surface area contributed by atoms with Crippen LogP contribution in [0.3, 0.4) is 0 Å². The quantitative estimate of drug-likeness (QED) is 0.328. The number of H-pyrrole nitrogens is 2. The Morgan fingerprint density at radius 1 is 1.33 bits per heavy atom. The molecule has 0 amide bonds. The summed E-state index contributed by atoms with van der Waals surface area (Å²) >= 11 is 0. The van der Waals surface area contributed by atoms with Crippen molar-refractivity contribution in [3.8, 4) is 0 Å². The van der Waals surface area contributed by atoms with E-state index in [0.29, 0.717) is 0 Å². The molecule has 0 bridgehead atoms. The molecule has 21 heavy (non-hydrogen) atoms. The first-order chi connectivity index (χ1) is 9.96. The third-order valence-corrected chi connectivity index (χ3v) is 3.08. The van der Waals surface area contributed by atoms with E-state index in [1.165, 1.54) is 7.11 Å². The number of rotatable bonds is 4. The summed E-state index contributed by atoms with van der Waals surface area (Å²) in [7, 11) is 1.30. The van der Waals surface area contributed by atoms with Crippen molar-refractivity contribution in [2.45, 2.75) is 30.6 Å². The average Bonchev–Trinajstić information content (AvgIpc) is 2.43. The van der Waals surface area contributed by atoms with Crippen LogP contribution in [0.1, 0.15) is 0 Å². The lowest BCUT2D eigenvalue weighted by atomic mass is 9.97. The van der Waals surface area contributed by atoms with Crippen LogP contribution in [0.15, 0.2) is 9.59 Å². The molecule has 0 radical (unpaired) electrons. The molecule has 0 spiro atoms. The summed E-state index contributed by atoms with van der Waals surface area (Å²) in [6, 6.07) is -1.02. The highest BCUT2D eigenvalue weighted by Gasteiger charge is 2.44. The third-order valence-electron chi connectivity index (χ3n) is 3.08. The van der Waals surface area contributed by atoms with Crippen molar-refractivity contribution in [2.75, 3.05) is 19.0 Å². The zero-order valence-electron chi connectivity index (χ0n) is 11.0. The van der Waals surface area contributed by atoms with Gasteiger partial charge in [0.2, 0.25) is 5.95 Å². The number of anilines is 1. The Balaban J connectivity index is 2.23. The van der Waals surface area contributed by atoms with Gasteiger partial charge < -0.3 is 30.1 Å². The fourth-order valence-corrected chi connectivity index (χ4v) is 2.06. The van der Waals surface area contributed by atoms with Crippen LogP contribution in [0.5, 0.6) is 0 Å². The van der Waals surface area contributed by atoms with Crippen LogP contribution >= 0.6 is 0 Å². The third kappa shape index (κ3) is 3.28. The lowest BCUT2D eigenvalue weighted by Crippen LogP contribution is -2.61. The van der Waals surface area contributed by atoms with E-state index in [4.69, 9.17) is 14.6 Å². The molecule has 118 valence electrons. The van der Waals surface area contributed by atoms with Gasteiger partial charge in [-0.1, -0.05) is 0 Å². The highest BCUT2D eigenvalue weighted by Crippen LogP contribution is 2.23. The second-order valence-corrected chi connectivity index (χ2v) is 4.46. The Labute approximate surface area is 117 Å². The van der Waals surface area contributed by atoms with Crippen molar-refractivity contribution in [2.24, 2.45) is 0 Å². The number of nitrogens with zero attached hydrogens (tertiary/aromatic N) is 1. The fraction of sp³-hybridized carbons (Fsp3) is 0.700. The molecule has 1 aromatic rings. The smallest absolute Gasteiger partial charge is 0.352 e. The highest BCUT2D eigenvalue weighted by atomic mass is 16.7. The van der Waals surface area contributed by atoms with Crippen LogP contribution in [0.25, 0.3) is 0 Å².